The van der Waals surface area contributed by atoms with Gasteiger partial charge < -0.3 is 20.5 Å². The quantitative estimate of drug-likeness (QED) is 0.713. The van der Waals surface area contributed by atoms with E-state index in [0.717, 1.165) is 5.56 Å². The highest BCUT2D eigenvalue weighted by molar-refractivity contribution is 5.42. The third-order valence-electron chi connectivity index (χ3n) is 2.09. The van der Waals surface area contributed by atoms with E-state index in [1.165, 1.54) is 13.2 Å². The number of nitrogens with one attached hydrogen (secondary N) is 1. The average Bonchev–Trinajstić information content (AvgIpc) is 2.29. The van der Waals surface area contributed by atoms with Crippen molar-refractivity contribution in [1.82, 2.24) is 5.32 Å². The Morgan fingerprint density at radius 1 is 1.35 bits per heavy atom. The zero-order valence-corrected chi connectivity index (χ0v) is 9.58. The molecule has 0 radical (unpaired) electrons. The molecule has 96 valence electrons. The maximum absolute atomic E-state index is 12.2. The molecule has 3 N–H and O–H groups in total. The van der Waals surface area contributed by atoms with Crippen LogP contribution in [0, 0.1) is 0 Å². The highest BCUT2D eigenvalue weighted by atomic mass is 19.3. The maximum Gasteiger partial charge on any atom is 0.387 e. The minimum atomic E-state index is -2.86. The van der Waals surface area contributed by atoms with Crippen molar-refractivity contribution in [1.29, 1.82) is 0 Å². The van der Waals surface area contributed by atoms with Crippen LogP contribution in [0.15, 0.2) is 18.2 Å². The topological polar surface area (TPSA) is 56.5 Å². The number of alkyl halides is 2. The van der Waals surface area contributed by atoms with Gasteiger partial charge in [-0.2, -0.15) is 8.78 Å². The summed E-state index contributed by atoms with van der Waals surface area (Å²) < 4.78 is 33.6. The summed E-state index contributed by atoms with van der Waals surface area (Å²) in [5.74, 6) is 0.322. The molecule has 0 heterocycles. The van der Waals surface area contributed by atoms with Gasteiger partial charge in [0.25, 0.3) is 0 Å². The first-order valence-corrected chi connectivity index (χ1v) is 5.20. The molecule has 1 rings (SSSR count). The standard InChI is InChI=1S/C11H16F2N2O2/c1-16-9-3-2-8(7-15-5-4-14)6-10(9)17-11(12)13/h2-3,6,11,15H,4-5,7,14H2,1H3. The molecule has 0 bridgehead atoms. The molecule has 0 amide bonds. The zero-order chi connectivity index (χ0) is 12.7. The van der Waals surface area contributed by atoms with Gasteiger partial charge in [-0.3, -0.25) is 0 Å². The molecule has 17 heavy (non-hydrogen) atoms. The number of rotatable bonds is 7. The van der Waals surface area contributed by atoms with Gasteiger partial charge >= 0.3 is 6.61 Å². The molecule has 4 nitrogen and oxygen atoms in total. The fraction of sp³-hybridized carbons (Fsp3) is 0.455. The van der Waals surface area contributed by atoms with Crippen LogP contribution in [0.1, 0.15) is 5.56 Å². The molecule has 1 aromatic rings. The van der Waals surface area contributed by atoms with Crippen molar-refractivity contribution in [3.63, 3.8) is 0 Å². The maximum atomic E-state index is 12.2. The van der Waals surface area contributed by atoms with Gasteiger partial charge in [0.2, 0.25) is 0 Å². The number of ether oxygens (including phenoxy) is 2. The van der Waals surface area contributed by atoms with Gasteiger partial charge in [0.05, 0.1) is 7.11 Å². The zero-order valence-electron chi connectivity index (χ0n) is 9.58. The Hall–Kier alpha value is -1.40. The molecule has 0 aliphatic heterocycles. The summed E-state index contributed by atoms with van der Waals surface area (Å²) in [5.41, 5.74) is 6.16. The highest BCUT2D eigenvalue weighted by Crippen LogP contribution is 2.29. The molecule has 0 aliphatic carbocycles. The van der Waals surface area contributed by atoms with Crippen LogP contribution < -0.4 is 20.5 Å². The van der Waals surface area contributed by atoms with E-state index in [9.17, 15) is 8.78 Å². The SMILES string of the molecule is COc1ccc(CNCCN)cc1OC(F)F. The van der Waals surface area contributed by atoms with E-state index in [2.05, 4.69) is 10.1 Å². The Balaban J connectivity index is 2.73. The molecular weight excluding hydrogens is 230 g/mol. The average molecular weight is 246 g/mol. The molecule has 0 saturated heterocycles. The number of benzene rings is 1. The van der Waals surface area contributed by atoms with Crippen molar-refractivity contribution in [2.45, 2.75) is 13.2 Å². The number of methoxy groups -OCH3 is 1. The minimum absolute atomic E-state index is 0.0366. The number of nitrogens with two attached hydrogens (primary N) is 1. The van der Waals surface area contributed by atoms with Gasteiger partial charge in [0.1, 0.15) is 0 Å². The molecule has 0 unspecified atom stereocenters. The van der Waals surface area contributed by atoms with Crippen molar-refractivity contribution >= 4 is 0 Å². The fourth-order valence-electron chi connectivity index (χ4n) is 1.35. The first-order chi connectivity index (χ1) is 8.17. The molecule has 0 saturated carbocycles. The Bertz CT molecular complexity index is 348. The van der Waals surface area contributed by atoms with E-state index in [4.69, 9.17) is 10.5 Å². The van der Waals surface area contributed by atoms with Gasteiger partial charge in [-0.1, -0.05) is 6.07 Å². The van der Waals surface area contributed by atoms with Crippen LogP contribution in [0.2, 0.25) is 0 Å². The molecule has 6 heteroatoms. The van der Waals surface area contributed by atoms with E-state index in [1.807, 2.05) is 0 Å². The summed E-state index contributed by atoms with van der Waals surface area (Å²) in [4.78, 5) is 0. The van der Waals surface area contributed by atoms with E-state index in [1.54, 1.807) is 12.1 Å². The van der Waals surface area contributed by atoms with Crippen LogP contribution in [0.5, 0.6) is 11.5 Å². The lowest BCUT2D eigenvalue weighted by molar-refractivity contribution is -0.0512. The van der Waals surface area contributed by atoms with Crippen LogP contribution in [0.25, 0.3) is 0 Å². The smallest absolute Gasteiger partial charge is 0.387 e. The second-order valence-electron chi connectivity index (χ2n) is 3.33. The first-order valence-electron chi connectivity index (χ1n) is 5.20. The molecule has 0 aromatic heterocycles. The summed E-state index contributed by atoms with van der Waals surface area (Å²) >= 11 is 0. The van der Waals surface area contributed by atoms with E-state index >= 15 is 0 Å². The Labute approximate surface area is 98.7 Å². The van der Waals surface area contributed by atoms with Crippen LogP contribution >= 0.6 is 0 Å². The van der Waals surface area contributed by atoms with Crippen molar-refractivity contribution in [3.8, 4) is 11.5 Å². The van der Waals surface area contributed by atoms with Crippen molar-refractivity contribution in [2.75, 3.05) is 20.2 Å². The lowest BCUT2D eigenvalue weighted by Gasteiger charge is -2.11. The summed E-state index contributed by atoms with van der Waals surface area (Å²) in [6.07, 6.45) is 0. The predicted octanol–water partition coefficient (Wildman–Crippen LogP) is 1.34. The number of hydrogen-bond acceptors (Lipinski definition) is 4. The lowest BCUT2D eigenvalue weighted by Crippen LogP contribution is -2.21. The summed E-state index contributed by atoms with van der Waals surface area (Å²) in [6, 6.07) is 4.90. The largest absolute Gasteiger partial charge is 0.493 e. The van der Waals surface area contributed by atoms with Gasteiger partial charge in [-0.15, -0.1) is 0 Å². The summed E-state index contributed by atoms with van der Waals surface area (Å²) in [5, 5.41) is 3.06. The van der Waals surface area contributed by atoms with Crippen molar-refractivity contribution in [3.05, 3.63) is 23.8 Å². The normalized spacial score (nSPS) is 10.6. The van der Waals surface area contributed by atoms with Crippen LogP contribution in [0.3, 0.4) is 0 Å². The van der Waals surface area contributed by atoms with E-state index in [-0.39, 0.29) is 11.5 Å². The van der Waals surface area contributed by atoms with E-state index < -0.39 is 6.61 Å². The molecule has 0 spiro atoms. The molecule has 0 fully saturated rings. The molecular formula is C11H16F2N2O2. The summed E-state index contributed by atoms with van der Waals surface area (Å²) in [7, 11) is 1.40. The van der Waals surface area contributed by atoms with Crippen molar-refractivity contribution in [2.24, 2.45) is 5.73 Å². The third-order valence-corrected chi connectivity index (χ3v) is 2.09. The van der Waals surface area contributed by atoms with Gasteiger partial charge in [-0.25, -0.2) is 0 Å². The second-order valence-corrected chi connectivity index (χ2v) is 3.33. The summed E-state index contributed by atoms with van der Waals surface area (Å²) in [6.45, 7) is -1.13. The second kappa shape index (κ2) is 7.03. The predicted molar refractivity (Wildman–Crippen MR) is 60.4 cm³/mol. The number of halogens is 2. The van der Waals surface area contributed by atoms with Crippen LogP contribution in [0.4, 0.5) is 8.78 Å². The Morgan fingerprint density at radius 3 is 2.71 bits per heavy atom. The molecule has 1 aromatic carbocycles. The van der Waals surface area contributed by atoms with Gasteiger partial charge in [0.15, 0.2) is 11.5 Å². The monoisotopic (exact) mass is 246 g/mol. The van der Waals surface area contributed by atoms with Crippen LogP contribution in [-0.4, -0.2) is 26.8 Å². The Kier molecular flexibility index (Phi) is 5.65. The van der Waals surface area contributed by atoms with Gasteiger partial charge in [0, 0.05) is 19.6 Å². The third kappa shape index (κ3) is 4.54. The van der Waals surface area contributed by atoms with Crippen LogP contribution in [-0.2, 0) is 6.54 Å². The molecule has 0 atom stereocenters. The van der Waals surface area contributed by atoms with Gasteiger partial charge in [-0.05, 0) is 17.7 Å². The first kappa shape index (κ1) is 13.7. The fourth-order valence-corrected chi connectivity index (χ4v) is 1.35. The molecule has 0 aliphatic rings. The number of hydrogen-bond donors (Lipinski definition) is 2. The minimum Gasteiger partial charge on any atom is -0.493 e. The highest BCUT2D eigenvalue weighted by Gasteiger charge is 2.10. The lowest BCUT2D eigenvalue weighted by atomic mass is 10.2. The van der Waals surface area contributed by atoms with E-state index in [0.29, 0.717) is 19.6 Å². The Morgan fingerprint density at radius 2 is 2.12 bits per heavy atom. The van der Waals surface area contributed by atoms with Crippen molar-refractivity contribution < 1.29 is 18.3 Å².